The van der Waals surface area contributed by atoms with Crippen LogP contribution < -0.4 is 11.1 Å². The summed E-state index contributed by atoms with van der Waals surface area (Å²) in [5, 5.41) is 2.68. The number of nitrogen functional groups attached to an aromatic ring is 1. The Morgan fingerprint density at radius 1 is 1.64 bits per heavy atom. The van der Waals surface area contributed by atoms with Gasteiger partial charge in [0.25, 0.3) is 0 Å². The van der Waals surface area contributed by atoms with Crippen molar-refractivity contribution in [1.82, 2.24) is 4.98 Å². The summed E-state index contributed by atoms with van der Waals surface area (Å²) in [6.07, 6.45) is 3.99. The molecule has 1 amide bonds. The van der Waals surface area contributed by atoms with Crippen molar-refractivity contribution >= 4 is 29.2 Å². The highest BCUT2D eigenvalue weighted by atomic mass is 32.2. The molecule has 1 heterocycles. The van der Waals surface area contributed by atoms with Crippen LogP contribution in [0, 0.1) is 0 Å². The van der Waals surface area contributed by atoms with E-state index in [2.05, 4.69) is 10.3 Å². The lowest BCUT2D eigenvalue weighted by Crippen LogP contribution is -2.13. The second kappa shape index (κ2) is 5.49. The molecule has 0 radical (unpaired) electrons. The summed E-state index contributed by atoms with van der Waals surface area (Å²) in [5.41, 5.74) is 6.05. The van der Waals surface area contributed by atoms with Crippen molar-refractivity contribution < 1.29 is 4.79 Å². The molecule has 1 rings (SSSR count). The van der Waals surface area contributed by atoms with Crippen molar-refractivity contribution in [2.24, 2.45) is 0 Å². The van der Waals surface area contributed by atoms with E-state index in [1.165, 1.54) is 6.20 Å². The van der Waals surface area contributed by atoms with Crippen molar-refractivity contribution in [2.45, 2.75) is 6.42 Å². The summed E-state index contributed by atoms with van der Waals surface area (Å²) >= 11 is 1.64. The molecule has 3 N–H and O–H groups in total. The predicted molar refractivity (Wildman–Crippen MR) is 60.3 cm³/mol. The highest BCUT2D eigenvalue weighted by Crippen LogP contribution is 2.06. The minimum absolute atomic E-state index is 0.0170. The van der Waals surface area contributed by atoms with Crippen molar-refractivity contribution in [2.75, 3.05) is 23.1 Å². The SMILES string of the molecule is CSCCC(=O)Nc1ccc(N)cn1. The molecular weight excluding hydrogens is 198 g/mol. The van der Waals surface area contributed by atoms with Gasteiger partial charge in [0.05, 0.1) is 11.9 Å². The molecule has 0 saturated heterocycles. The van der Waals surface area contributed by atoms with Gasteiger partial charge in [-0.15, -0.1) is 0 Å². The van der Waals surface area contributed by atoms with Gasteiger partial charge < -0.3 is 11.1 Å². The van der Waals surface area contributed by atoms with Crippen LogP contribution in [0.2, 0.25) is 0 Å². The maximum atomic E-state index is 11.3. The van der Waals surface area contributed by atoms with Gasteiger partial charge in [0.1, 0.15) is 5.82 Å². The standard InChI is InChI=1S/C9H13N3OS/c1-14-5-4-9(13)12-8-3-2-7(10)6-11-8/h2-3,6H,4-5,10H2,1H3,(H,11,12,13). The number of pyridine rings is 1. The number of nitrogens with one attached hydrogen (secondary N) is 1. The van der Waals surface area contributed by atoms with Gasteiger partial charge in [0.2, 0.25) is 5.91 Å². The molecule has 0 aliphatic heterocycles. The van der Waals surface area contributed by atoms with Gasteiger partial charge in [0.15, 0.2) is 0 Å². The zero-order valence-electron chi connectivity index (χ0n) is 7.99. The lowest BCUT2D eigenvalue weighted by atomic mass is 10.4. The summed E-state index contributed by atoms with van der Waals surface area (Å²) in [5.74, 6) is 1.35. The van der Waals surface area contributed by atoms with E-state index >= 15 is 0 Å². The topological polar surface area (TPSA) is 68.0 Å². The van der Waals surface area contributed by atoms with Gasteiger partial charge in [-0.05, 0) is 18.4 Å². The Hall–Kier alpha value is -1.23. The van der Waals surface area contributed by atoms with Crippen LogP contribution in [-0.4, -0.2) is 22.9 Å². The largest absolute Gasteiger partial charge is 0.397 e. The molecule has 0 aromatic carbocycles. The summed E-state index contributed by atoms with van der Waals surface area (Å²) < 4.78 is 0. The zero-order chi connectivity index (χ0) is 10.4. The van der Waals surface area contributed by atoms with Gasteiger partial charge in [-0.3, -0.25) is 4.79 Å². The Morgan fingerprint density at radius 2 is 2.43 bits per heavy atom. The van der Waals surface area contributed by atoms with Gasteiger partial charge in [-0.1, -0.05) is 0 Å². The number of hydrogen-bond acceptors (Lipinski definition) is 4. The first-order valence-electron chi connectivity index (χ1n) is 4.22. The number of carbonyl (C=O) groups is 1. The number of carbonyl (C=O) groups excluding carboxylic acids is 1. The average molecular weight is 211 g/mol. The van der Waals surface area contributed by atoms with Crippen LogP contribution in [-0.2, 0) is 4.79 Å². The smallest absolute Gasteiger partial charge is 0.226 e. The second-order valence-corrected chi connectivity index (χ2v) is 3.75. The Balaban J connectivity index is 2.44. The molecule has 0 bridgehead atoms. The van der Waals surface area contributed by atoms with Crippen molar-refractivity contribution in [3.8, 4) is 0 Å². The Labute approximate surface area is 87.3 Å². The van der Waals surface area contributed by atoms with Crippen LogP contribution in [0.25, 0.3) is 0 Å². The monoisotopic (exact) mass is 211 g/mol. The Bertz CT molecular complexity index is 299. The number of thioether (sulfide) groups is 1. The van der Waals surface area contributed by atoms with Crippen molar-refractivity contribution in [3.05, 3.63) is 18.3 Å². The van der Waals surface area contributed by atoms with Crippen LogP contribution in [0.3, 0.4) is 0 Å². The quantitative estimate of drug-likeness (QED) is 0.789. The van der Waals surface area contributed by atoms with E-state index in [4.69, 9.17) is 5.73 Å². The maximum absolute atomic E-state index is 11.3. The summed E-state index contributed by atoms with van der Waals surface area (Å²) in [4.78, 5) is 15.2. The molecule has 0 fully saturated rings. The molecule has 0 spiro atoms. The first kappa shape index (κ1) is 10.8. The van der Waals surface area contributed by atoms with Crippen LogP contribution in [0.5, 0.6) is 0 Å². The lowest BCUT2D eigenvalue weighted by Gasteiger charge is -2.03. The third kappa shape index (κ3) is 3.66. The molecule has 14 heavy (non-hydrogen) atoms. The van der Waals surface area contributed by atoms with Crippen LogP contribution in [0.1, 0.15) is 6.42 Å². The number of hydrogen-bond donors (Lipinski definition) is 2. The van der Waals surface area contributed by atoms with Crippen LogP contribution in [0.4, 0.5) is 11.5 Å². The first-order valence-corrected chi connectivity index (χ1v) is 5.62. The highest BCUT2D eigenvalue weighted by Gasteiger charge is 2.01. The zero-order valence-corrected chi connectivity index (χ0v) is 8.80. The summed E-state index contributed by atoms with van der Waals surface area (Å²) in [7, 11) is 0. The fourth-order valence-electron chi connectivity index (χ4n) is 0.879. The fourth-order valence-corrected chi connectivity index (χ4v) is 1.27. The first-order chi connectivity index (χ1) is 6.72. The molecular formula is C9H13N3OS. The van der Waals surface area contributed by atoms with E-state index in [1.807, 2.05) is 6.26 Å². The number of amides is 1. The number of anilines is 2. The third-order valence-corrected chi connectivity index (χ3v) is 2.20. The molecule has 76 valence electrons. The van der Waals surface area contributed by atoms with E-state index < -0.39 is 0 Å². The van der Waals surface area contributed by atoms with Crippen LogP contribution >= 0.6 is 11.8 Å². The van der Waals surface area contributed by atoms with Crippen molar-refractivity contribution in [3.63, 3.8) is 0 Å². The maximum Gasteiger partial charge on any atom is 0.226 e. The Kier molecular flexibility index (Phi) is 4.25. The molecule has 0 saturated carbocycles. The number of rotatable bonds is 4. The third-order valence-electron chi connectivity index (χ3n) is 1.59. The fraction of sp³-hybridized carbons (Fsp3) is 0.333. The molecule has 0 aliphatic carbocycles. The highest BCUT2D eigenvalue weighted by molar-refractivity contribution is 7.98. The normalized spacial score (nSPS) is 9.79. The minimum atomic E-state index is -0.0170. The number of aromatic nitrogens is 1. The predicted octanol–water partition coefficient (Wildman–Crippen LogP) is 1.36. The van der Waals surface area contributed by atoms with Crippen LogP contribution in [0.15, 0.2) is 18.3 Å². The summed E-state index contributed by atoms with van der Waals surface area (Å²) in [6.45, 7) is 0. The molecule has 5 heteroatoms. The number of nitrogens with two attached hydrogens (primary N) is 1. The lowest BCUT2D eigenvalue weighted by molar-refractivity contribution is -0.115. The van der Waals surface area contributed by atoms with E-state index in [0.717, 1.165) is 5.75 Å². The van der Waals surface area contributed by atoms with E-state index in [0.29, 0.717) is 17.9 Å². The molecule has 4 nitrogen and oxygen atoms in total. The molecule has 1 aromatic rings. The Morgan fingerprint density at radius 3 is 3.00 bits per heavy atom. The van der Waals surface area contributed by atoms with Crippen molar-refractivity contribution in [1.29, 1.82) is 0 Å². The van der Waals surface area contributed by atoms with Gasteiger partial charge >= 0.3 is 0 Å². The minimum Gasteiger partial charge on any atom is -0.397 e. The summed E-state index contributed by atoms with van der Waals surface area (Å²) in [6, 6.07) is 3.39. The van der Waals surface area contributed by atoms with E-state index in [-0.39, 0.29) is 5.91 Å². The molecule has 0 unspecified atom stereocenters. The molecule has 0 aliphatic rings. The van der Waals surface area contributed by atoms with E-state index in [1.54, 1.807) is 23.9 Å². The van der Waals surface area contributed by atoms with Gasteiger partial charge in [-0.25, -0.2) is 4.98 Å². The van der Waals surface area contributed by atoms with Gasteiger partial charge in [0, 0.05) is 12.2 Å². The second-order valence-electron chi connectivity index (χ2n) is 2.77. The molecule has 1 aromatic heterocycles. The molecule has 0 atom stereocenters. The van der Waals surface area contributed by atoms with Gasteiger partial charge in [-0.2, -0.15) is 11.8 Å². The average Bonchev–Trinajstić information content (AvgIpc) is 2.18. The van der Waals surface area contributed by atoms with E-state index in [9.17, 15) is 4.79 Å². The number of nitrogens with zero attached hydrogens (tertiary/aromatic N) is 1.